The van der Waals surface area contributed by atoms with Crippen LogP contribution in [-0.2, 0) is 10.5 Å². The van der Waals surface area contributed by atoms with Gasteiger partial charge in [-0.05, 0) is 49.1 Å². The van der Waals surface area contributed by atoms with Gasteiger partial charge in [-0.1, -0.05) is 24.3 Å². The van der Waals surface area contributed by atoms with Crippen LogP contribution < -0.4 is 10.2 Å². The number of alkyl halides is 1. The number of carbonyl (C=O) groups excluding carboxylic acids is 1. The van der Waals surface area contributed by atoms with Gasteiger partial charge in [0.1, 0.15) is 5.67 Å². The molecule has 180 valence electrons. The molecule has 6 rings (SSSR count). The van der Waals surface area contributed by atoms with Crippen LogP contribution in [0.4, 0.5) is 10.1 Å². The summed E-state index contributed by atoms with van der Waals surface area (Å²) in [5.74, 6) is -0.0627. The number of anilines is 1. The van der Waals surface area contributed by atoms with Crippen molar-refractivity contribution >= 4 is 17.1 Å². The number of rotatable bonds is 4. The number of carbonyl (C=O) groups is 1. The summed E-state index contributed by atoms with van der Waals surface area (Å²) in [7, 11) is 0. The second-order valence-corrected chi connectivity index (χ2v) is 9.99. The van der Waals surface area contributed by atoms with Gasteiger partial charge in [0.2, 0.25) is 5.91 Å². The van der Waals surface area contributed by atoms with Crippen molar-refractivity contribution in [1.29, 1.82) is 5.26 Å². The number of aromatic nitrogens is 2. The van der Waals surface area contributed by atoms with Gasteiger partial charge in [0.25, 0.3) is 0 Å². The Kier molecular flexibility index (Phi) is 5.45. The summed E-state index contributed by atoms with van der Waals surface area (Å²) in [5, 5.41) is 16.7. The number of nitrogens with zero attached hydrogens (tertiary/aromatic N) is 5. The molecule has 4 heterocycles. The molecule has 1 unspecified atom stereocenters. The lowest BCUT2D eigenvalue weighted by molar-refractivity contribution is -0.133. The Morgan fingerprint density at radius 2 is 1.94 bits per heavy atom. The van der Waals surface area contributed by atoms with Crippen molar-refractivity contribution in [2.75, 3.05) is 44.2 Å². The Morgan fingerprint density at radius 1 is 1.14 bits per heavy atom. The molecule has 3 aliphatic rings. The molecule has 0 radical (unpaired) electrons. The molecule has 2 aromatic heterocycles. The molecule has 2 aliphatic heterocycles. The molecule has 7 nitrogen and oxygen atoms in total. The van der Waals surface area contributed by atoms with Gasteiger partial charge in [-0.25, -0.2) is 8.91 Å². The fourth-order valence-electron chi connectivity index (χ4n) is 5.51. The maximum atomic E-state index is 15.3. The third-order valence-electron chi connectivity index (χ3n) is 7.76. The van der Waals surface area contributed by atoms with Crippen LogP contribution in [0.25, 0.3) is 16.6 Å². The van der Waals surface area contributed by atoms with Crippen LogP contribution >= 0.6 is 0 Å². The van der Waals surface area contributed by atoms with E-state index in [1.807, 2.05) is 45.9 Å². The Labute approximate surface area is 204 Å². The lowest BCUT2D eigenvalue weighted by atomic mass is 9.87. The average molecular weight is 473 g/mol. The molecule has 1 saturated carbocycles. The van der Waals surface area contributed by atoms with Crippen molar-refractivity contribution in [2.24, 2.45) is 11.8 Å². The highest BCUT2D eigenvalue weighted by Crippen LogP contribution is 2.39. The highest BCUT2D eigenvalue weighted by molar-refractivity contribution is 5.83. The first-order valence-corrected chi connectivity index (χ1v) is 12.5. The van der Waals surface area contributed by atoms with Gasteiger partial charge in [-0.3, -0.25) is 4.79 Å². The predicted octanol–water partition coefficient (Wildman–Crippen LogP) is 3.36. The smallest absolute Gasteiger partial charge is 0.227 e. The van der Waals surface area contributed by atoms with Crippen LogP contribution in [0.3, 0.4) is 0 Å². The van der Waals surface area contributed by atoms with E-state index in [0.717, 1.165) is 53.9 Å². The number of fused-ring (bicyclic) bond motifs is 1. The van der Waals surface area contributed by atoms with E-state index in [1.165, 1.54) is 0 Å². The quantitative estimate of drug-likeness (QED) is 0.630. The zero-order chi connectivity index (χ0) is 24.0. The van der Waals surface area contributed by atoms with Gasteiger partial charge >= 0.3 is 0 Å². The normalized spacial score (nSPS) is 26.5. The summed E-state index contributed by atoms with van der Waals surface area (Å²) in [6, 6.07) is 14.2. The number of amides is 1. The van der Waals surface area contributed by atoms with Crippen LogP contribution in [0.2, 0.25) is 0 Å². The molecule has 2 saturated heterocycles. The van der Waals surface area contributed by atoms with Crippen molar-refractivity contribution in [3.8, 4) is 17.2 Å². The first-order chi connectivity index (χ1) is 17.1. The Morgan fingerprint density at radius 3 is 2.63 bits per heavy atom. The summed E-state index contributed by atoms with van der Waals surface area (Å²) in [4.78, 5) is 16.8. The maximum absolute atomic E-state index is 15.3. The summed E-state index contributed by atoms with van der Waals surface area (Å²) in [6.07, 6.45) is 5.92. The SMILES string of the molecule is N#C[C@H]1C[C@@H]1C(=O)N1CCN(c2ccnn3cc(-c4ccc(C5(F)CCCNC5)cc4)cc23)CC1. The van der Waals surface area contributed by atoms with E-state index in [1.54, 1.807) is 6.20 Å². The van der Waals surface area contributed by atoms with Crippen molar-refractivity contribution < 1.29 is 9.18 Å². The molecular formula is C27H29FN6O. The molecule has 0 spiro atoms. The standard InChI is InChI=1S/C27H29FN6O/c28-27(7-1-8-30-18-27)22-4-2-19(3-5-22)21-15-25-24(6-9-31-34(25)17-21)32-10-12-33(13-11-32)26(35)23-14-20(23)16-29/h2-6,9,15,17,20,23,30H,1,7-8,10-14,18H2/t20-,23+,27?/m1/s1. The second kappa shape index (κ2) is 8.65. The number of piperidine rings is 1. The van der Waals surface area contributed by atoms with Crippen molar-refractivity contribution in [1.82, 2.24) is 19.8 Å². The molecule has 3 aromatic rings. The fourth-order valence-corrected chi connectivity index (χ4v) is 5.51. The first kappa shape index (κ1) is 22.1. The molecule has 3 fully saturated rings. The zero-order valence-electron chi connectivity index (χ0n) is 19.7. The largest absolute Gasteiger partial charge is 0.366 e. The first-order valence-electron chi connectivity index (χ1n) is 12.5. The van der Waals surface area contributed by atoms with Crippen LogP contribution in [-0.4, -0.2) is 59.7 Å². The van der Waals surface area contributed by atoms with Gasteiger partial charge in [0, 0.05) is 50.7 Å². The van der Waals surface area contributed by atoms with E-state index < -0.39 is 5.67 Å². The van der Waals surface area contributed by atoms with E-state index in [9.17, 15) is 4.79 Å². The van der Waals surface area contributed by atoms with Gasteiger partial charge in [-0.15, -0.1) is 0 Å². The Hall–Kier alpha value is -3.44. The van der Waals surface area contributed by atoms with Crippen molar-refractivity contribution in [3.63, 3.8) is 0 Å². The predicted molar refractivity (Wildman–Crippen MR) is 132 cm³/mol. The number of hydrogen-bond acceptors (Lipinski definition) is 5. The number of hydrogen-bond donors (Lipinski definition) is 1. The highest BCUT2D eigenvalue weighted by Gasteiger charge is 2.45. The Balaban J connectivity index is 1.19. The summed E-state index contributed by atoms with van der Waals surface area (Å²) in [5.41, 5.74) is 3.61. The van der Waals surface area contributed by atoms with Gasteiger partial charge in [-0.2, -0.15) is 10.4 Å². The molecule has 0 bridgehead atoms. The molecule has 1 aromatic carbocycles. The van der Waals surface area contributed by atoms with Crippen LogP contribution in [0.15, 0.2) is 48.8 Å². The minimum atomic E-state index is -1.30. The molecule has 1 amide bonds. The van der Waals surface area contributed by atoms with E-state index in [2.05, 4.69) is 27.5 Å². The van der Waals surface area contributed by atoms with E-state index in [4.69, 9.17) is 5.26 Å². The highest BCUT2D eigenvalue weighted by atomic mass is 19.1. The third-order valence-corrected chi connectivity index (χ3v) is 7.76. The molecule has 1 N–H and O–H groups in total. The van der Waals surface area contributed by atoms with Crippen LogP contribution in [0, 0.1) is 23.2 Å². The monoisotopic (exact) mass is 472 g/mol. The fraction of sp³-hybridized carbons (Fsp3) is 0.444. The third kappa shape index (κ3) is 4.04. The summed E-state index contributed by atoms with van der Waals surface area (Å²) < 4.78 is 17.2. The van der Waals surface area contributed by atoms with Crippen molar-refractivity contribution in [3.05, 3.63) is 54.4 Å². The summed E-state index contributed by atoms with van der Waals surface area (Å²) >= 11 is 0. The lowest BCUT2D eigenvalue weighted by Gasteiger charge is -2.36. The summed E-state index contributed by atoms with van der Waals surface area (Å²) in [6.45, 7) is 4.07. The van der Waals surface area contributed by atoms with Crippen molar-refractivity contribution in [2.45, 2.75) is 24.9 Å². The number of nitriles is 1. The maximum Gasteiger partial charge on any atom is 0.227 e. The minimum Gasteiger partial charge on any atom is -0.366 e. The van der Waals surface area contributed by atoms with Crippen LogP contribution in [0.5, 0.6) is 0 Å². The lowest BCUT2D eigenvalue weighted by Crippen LogP contribution is -2.49. The van der Waals surface area contributed by atoms with Gasteiger partial charge < -0.3 is 15.1 Å². The minimum absolute atomic E-state index is 0.0941. The average Bonchev–Trinajstić information content (AvgIpc) is 3.57. The van der Waals surface area contributed by atoms with E-state index >= 15 is 4.39 Å². The molecular weight excluding hydrogens is 443 g/mol. The number of nitrogens with one attached hydrogen (secondary N) is 1. The second-order valence-electron chi connectivity index (χ2n) is 9.99. The molecule has 8 heteroatoms. The van der Waals surface area contributed by atoms with E-state index in [-0.39, 0.29) is 17.7 Å². The Bertz CT molecular complexity index is 1280. The zero-order valence-corrected chi connectivity index (χ0v) is 19.7. The van der Waals surface area contributed by atoms with E-state index in [0.29, 0.717) is 32.5 Å². The number of piperazine rings is 1. The van der Waals surface area contributed by atoms with Gasteiger partial charge in [0.05, 0.1) is 29.1 Å². The topological polar surface area (TPSA) is 76.7 Å². The number of benzene rings is 1. The van der Waals surface area contributed by atoms with Gasteiger partial charge in [0.15, 0.2) is 0 Å². The van der Waals surface area contributed by atoms with Crippen LogP contribution in [0.1, 0.15) is 24.8 Å². The molecule has 3 atom stereocenters. The molecule has 35 heavy (non-hydrogen) atoms. The number of halogens is 1. The molecule has 1 aliphatic carbocycles.